The van der Waals surface area contributed by atoms with E-state index in [1.807, 2.05) is 18.2 Å². The molecule has 3 heterocycles. The molecule has 1 amide bonds. The van der Waals surface area contributed by atoms with E-state index in [1.165, 1.54) is 11.3 Å². The number of thiazole rings is 1. The van der Waals surface area contributed by atoms with Gasteiger partial charge in [-0.1, -0.05) is 23.5 Å². The Labute approximate surface area is 146 Å². The largest absolute Gasteiger partial charge is 0.485 e. The number of aromatic nitrogens is 1. The summed E-state index contributed by atoms with van der Waals surface area (Å²) in [6.45, 7) is 0.375. The van der Waals surface area contributed by atoms with Crippen molar-refractivity contribution < 1.29 is 23.7 Å². The van der Waals surface area contributed by atoms with Crippen LogP contribution in [0.15, 0.2) is 36.4 Å². The van der Waals surface area contributed by atoms with Gasteiger partial charge in [0.15, 0.2) is 28.1 Å². The normalized spacial score (nSPS) is 17.5. The molecule has 2 aliphatic heterocycles. The maximum absolute atomic E-state index is 12.5. The molecule has 0 saturated carbocycles. The second kappa shape index (κ2) is 5.52. The molecule has 1 atom stereocenters. The molecule has 0 saturated heterocycles. The standard InChI is InChI=1S/C17H12N2O5S/c20-16(14-7-21-10-3-1-2-4-11(10)24-14)19-17-18-9-5-12-13(23-8-22-12)6-15(9)25-17/h1-6,14H,7-8H2,(H,18,19,20)/t14-/m1/s1. The lowest BCUT2D eigenvalue weighted by molar-refractivity contribution is -0.125. The Bertz CT molecular complexity index is 945. The quantitative estimate of drug-likeness (QED) is 0.761. The van der Waals surface area contributed by atoms with Crippen LogP contribution < -0.4 is 24.3 Å². The highest BCUT2D eigenvalue weighted by Gasteiger charge is 2.28. The van der Waals surface area contributed by atoms with Gasteiger partial charge in [-0.15, -0.1) is 0 Å². The zero-order valence-electron chi connectivity index (χ0n) is 12.9. The van der Waals surface area contributed by atoms with Crippen LogP contribution in [0.3, 0.4) is 0 Å². The predicted octanol–water partition coefficient (Wildman–Crippen LogP) is 2.80. The second-order valence-electron chi connectivity index (χ2n) is 5.55. The first kappa shape index (κ1) is 14.4. The SMILES string of the molecule is O=C(Nc1nc2cc3c(cc2s1)OCO3)[C@H]1COc2ccccc2O1. The van der Waals surface area contributed by atoms with Gasteiger partial charge in [-0.2, -0.15) is 0 Å². The summed E-state index contributed by atoms with van der Waals surface area (Å²) in [6.07, 6.45) is -0.724. The molecule has 8 heteroatoms. The van der Waals surface area contributed by atoms with E-state index in [4.69, 9.17) is 18.9 Å². The summed E-state index contributed by atoms with van der Waals surface area (Å²) < 4.78 is 22.9. The number of ether oxygens (including phenoxy) is 4. The summed E-state index contributed by atoms with van der Waals surface area (Å²) in [5.74, 6) is 2.25. The fraction of sp³-hybridized carbons (Fsp3) is 0.176. The number of rotatable bonds is 2. The molecule has 1 N–H and O–H groups in total. The number of benzene rings is 2. The van der Waals surface area contributed by atoms with Crippen molar-refractivity contribution in [2.75, 3.05) is 18.7 Å². The maximum atomic E-state index is 12.5. The molecule has 3 aromatic rings. The van der Waals surface area contributed by atoms with Gasteiger partial charge in [0, 0.05) is 12.1 Å². The van der Waals surface area contributed by atoms with Crippen LogP contribution in [0.25, 0.3) is 10.2 Å². The monoisotopic (exact) mass is 356 g/mol. The lowest BCUT2D eigenvalue weighted by Gasteiger charge is -2.25. The Balaban J connectivity index is 1.35. The summed E-state index contributed by atoms with van der Waals surface area (Å²) in [4.78, 5) is 16.9. The number of nitrogens with zero attached hydrogens (tertiary/aromatic N) is 1. The van der Waals surface area contributed by atoms with Crippen LogP contribution in [-0.4, -0.2) is 30.4 Å². The van der Waals surface area contributed by atoms with E-state index in [0.717, 1.165) is 10.2 Å². The minimum atomic E-state index is -0.724. The molecule has 0 bridgehead atoms. The van der Waals surface area contributed by atoms with Crippen molar-refractivity contribution in [2.24, 2.45) is 0 Å². The molecule has 0 fully saturated rings. The van der Waals surface area contributed by atoms with Crippen LogP contribution in [0.1, 0.15) is 0 Å². The van der Waals surface area contributed by atoms with Crippen LogP contribution >= 0.6 is 11.3 Å². The van der Waals surface area contributed by atoms with E-state index in [1.54, 1.807) is 18.2 Å². The molecular formula is C17H12N2O5S. The summed E-state index contributed by atoms with van der Waals surface area (Å²) in [5, 5.41) is 3.28. The van der Waals surface area contributed by atoms with Crippen LogP contribution in [0.4, 0.5) is 5.13 Å². The van der Waals surface area contributed by atoms with Crippen LogP contribution in [0.2, 0.25) is 0 Å². The summed E-state index contributed by atoms with van der Waals surface area (Å²) in [5.41, 5.74) is 0.746. The number of hydrogen-bond donors (Lipinski definition) is 1. The molecule has 0 aliphatic carbocycles. The molecule has 0 radical (unpaired) electrons. The predicted molar refractivity (Wildman–Crippen MR) is 90.7 cm³/mol. The zero-order chi connectivity index (χ0) is 16.8. The first-order chi connectivity index (χ1) is 12.3. The highest BCUT2D eigenvalue weighted by Crippen LogP contribution is 2.39. The minimum absolute atomic E-state index is 0.156. The van der Waals surface area contributed by atoms with Crippen LogP contribution in [-0.2, 0) is 4.79 Å². The van der Waals surface area contributed by atoms with E-state index >= 15 is 0 Å². The summed E-state index contributed by atoms with van der Waals surface area (Å²) in [6, 6.07) is 10.9. The minimum Gasteiger partial charge on any atom is -0.485 e. The van der Waals surface area contributed by atoms with Gasteiger partial charge in [-0.25, -0.2) is 4.98 Å². The average Bonchev–Trinajstić information content (AvgIpc) is 3.24. The van der Waals surface area contributed by atoms with Crippen molar-refractivity contribution in [3.8, 4) is 23.0 Å². The van der Waals surface area contributed by atoms with Gasteiger partial charge in [0.1, 0.15) is 6.61 Å². The molecule has 0 unspecified atom stereocenters. The first-order valence-electron chi connectivity index (χ1n) is 7.66. The Morgan fingerprint density at radius 2 is 1.88 bits per heavy atom. The number of carbonyl (C=O) groups excluding carboxylic acids is 1. The third-order valence-electron chi connectivity index (χ3n) is 3.91. The third-order valence-corrected chi connectivity index (χ3v) is 4.85. The van der Waals surface area contributed by atoms with Gasteiger partial charge in [0.05, 0.1) is 10.2 Å². The maximum Gasteiger partial charge on any atom is 0.270 e. The van der Waals surface area contributed by atoms with Crippen molar-refractivity contribution in [3.63, 3.8) is 0 Å². The highest BCUT2D eigenvalue weighted by atomic mass is 32.1. The number of anilines is 1. The van der Waals surface area contributed by atoms with Gasteiger partial charge >= 0.3 is 0 Å². The van der Waals surface area contributed by atoms with Crippen molar-refractivity contribution in [1.29, 1.82) is 0 Å². The number of carbonyl (C=O) groups is 1. The van der Waals surface area contributed by atoms with Crippen molar-refractivity contribution in [1.82, 2.24) is 4.98 Å². The Hall–Kier alpha value is -3.00. The molecular weight excluding hydrogens is 344 g/mol. The second-order valence-corrected chi connectivity index (χ2v) is 6.58. The van der Waals surface area contributed by atoms with Crippen LogP contribution in [0, 0.1) is 0 Å². The number of para-hydroxylation sites is 2. The van der Waals surface area contributed by atoms with E-state index in [0.29, 0.717) is 28.1 Å². The Kier molecular flexibility index (Phi) is 3.17. The Morgan fingerprint density at radius 1 is 1.08 bits per heavy atom. The van der Waals surface area contributed by atoms with E-state index < -0.39 is 6.10 Å². The molecule has 25 heavy (non-hydrogen) atoms. The highest BCUT2D eigenvalue weighted by molar-refractivity contribution is 7.22. The lowest BCUT2D eigenvalue weighted by atomic mass is 10.2. The third kappa shape index (κ3) is 2.51. The molecule has 5 rings (SSSR count). The fourth-order valence-electron chi connectivity index (χ4n) is 2.71. The van der Waals surface area contributed by atoms with Crippen molar-refractivity contribution in [3.05, 3.63) is 36.4 Å². The topological polar surface area (TPSA) is 78.9 Å². The summed E-state index contributed by atoms with van der Waals surface area (Å²) in [7, 11) is 0. The summed E-state index contributed by atoms with van der Waals surface area (Å²) >= 11 is 1.37. The van der Waals surface area contributed by atoms with E-state index in [9.17, 15) is 4.79 Å². The van der Waals surface area contributed by atoms with Crippen LogP contribution in [0.5, 0.6) is 23.0 Å². The van der Waals surface area contributed by atoms with E-state index in [2.05, 4.69) is 10.3 Å². The van der Waals surface area contributed by atoms with Gasteiger partial charge in [0.25, 0.3) is 5.91 Å². The first-order valence-corrected chi connectivity index (χ1v) is 8.47. The van der Waals surface area contributed by atoms with Crippen molar-refractivity contribution in [2.45, 2.75) is 6.10 Å². The number of amides is 1. The lowest BCUT2D eigenvalue weighted by Crippen LogP contribution is -2.40. The van der Waals surface area contributed by atoms with Gasteiger partial charge in [-0.05, 0) is 12.1 Å². The smallest absolute Gasteiger partial charge is 0.270 e. The van der Waals surface area contributed by atoms with Gasteiger partial charge in [-0.3, -0.25) is 10.1 Å². The molecule has 2 aromatic carbocycles. The molecule has 7 nitrogen and oxygen atoms in total. The molecule has 0 spiro atoms. The molecule has 2 aliphatic rings. The number of fused-ring (bicyclic) bond motifs is 3. The van der Waals surface area contributed by atoms with Gasteiger partial charge in [0.2, 0.25) is 12.9 Å². The number of hydrogen-bond acceptors (Lipinski definition) is 7. The van der Waals surface area contributed by atoms with Crippen molar-refractivity contribution >= 4 is 32.6 Å². The van der Waals surface area contributed by atoms with E-state index in [-0.39, 0.29) is 19.3 Å². The number of nitrogens with one attached hydrogen (secondary N) is 1. The average molecular weight is 356 g/mol. The molecule has 1 aromatic heterocycles. The Morgan fingerprint density at radius 3 is 2.76 bits per heavy atom. The zero-order valence-corrected chi connectivity index (χ0v) is 13.7. The fourth-order valence-corrected chi connectivity index (χ4v) is 3.59. The van der Waals surface area contributed by atoms with Gasteiger partial charge < -0.3 is 18.9 Å². The molecule has 126 valence electrons.